The van der Waals surface area contributed by atoms with Crippen LogP contribution >= 0.6 is 22.9 Å². The van der Waals surface area contributed by atoms with Gasteiger partial charge in [0.05, 0.1) is 23.4 Å². The van der Waals surface area contributed by atoms with Crippen molar-refractivity contribution in [2.24, 2.45) is 0 Å². The number of methoxy groups -OCH3 is 1. The lowest BCUT2D eigenvalue weighted by molar-refractivity contribution is 0.380. The van der Waals surface area contributed by atoms with Crippen molar-refractivity contribution in [3.8, 4) is 23.2 Å². The van der Waals surface area contributed by atoms with Gasteiger partial charge >= 0.3 is 6.01 Å². The predicted molar refractivity (Wildman–Crippen MR) is 176 cm³/mol. The van der Waals surface area contributed by atoms with Crippen molar-refractivity contribution >= 4 is 55.4 Å². The van der Waals surface area contributed by atoms with Crippen molar-refractivity contribution in [3.63, 3.8) is 0 Å². The van der Waals surface area contributed by atoms with Gasteiger partial charge in [0.2, 0.25) is 0 Å². The molecule has 2 aromatic carbocycles. The van der Waals surface area contributed by atoms with Crippen LogP contribution in [-0.4, -0.2) is 67.3 Å². The molecule has 7 rings (SSSR count). The van der Waals surface area contributed by atoms with E-state index in [9.17, 15) is 5.26 Å². The number of nitrogens with two attached hydrogens (primary N) is 1. The van der Waals surface area contributed by atoms with Crippen LogP contribution < -0.4 is 20.7 Å². The molecule has 3 aliphatic rings. The number of piperazine rings is 1. The highest BCUT2D eigenvalue weighted by atomic mass is 35.5. The van der Waals surface area contributed by atoms with Crippen LogP contribution in [0, 0.1) is 24.1 Å². The molecule has 3 N–H and O–H groups in total. The largest absolute Gasteiger partial charge is 0.467 e. The van der Waals surface area contributed by atoms with E-state index in [0.717, 1.165) is 35.5 Å². The molecular formula is C32H39ClFN7OS. The molecule has 2 bridgehead atoms. The quantitative estimate of drug-likeness (QED) is 0.242. The van der Waals surface area contributed by atoms with E-state index in [2.05, 4.69) is 38.2 Å². The first-order valence-corrected chi connectivity index (χ1v) is 16.1. The molecule has 43 heavy (non-hydrogen) atoms. The SMILES string of the molecule is CC.CN1CCCC1.COc1nc(N2CC3CCC(C2)N3)c2cc(Cl)c(-c3c(C)sc4ccc(N)c(C#N)c34)c(F)c2n1. The molecule has 228 valence electrons. The van der Waals surface area contributed by atoms with E-state index < -0.39 is 5.82 Å². The van der Waals surface area contributed by atoms with Crippen LogP contribution in [0.3, 0.4) is 0 Å². The molecule has 2 aromatic heterocycles. The molecular weight excluding hydrogens is 585 g/mol. The summed E-state index contributed by atoms with van der Waals surface area (Å²) in [7, 11) is 3.65. The van der Waals surface area contributed by atoms with Crippen molar-refractivity contribution in [1.82, 2.24) is 20.2 Å². The molecule has 2 unspecified atom stereocenters. The van der Waals surface area contributed by atoms with Gasteiger partial charge in [-0.3, -0.25) is 0 Å². The van der Waals surface area contributed by atoms with Gasteiger partial charge in [-0.15, -0.1) is 11.3 Å². The van der Waals surface area contributed by atoms with Crippen LogP contribution in [0.15, 0.2) is 18.2 Å². The summed E-state index contributed by atoms with van der Waals surface area (Å²) in [5.41, 5.74) is 7.66. The normalized spacial score (nSPS) is 19.5. The third kappa shape index (κ3) is 5.96. The highest BCUT2D eigenvalue weighted by Crippen LogP contribution is 2.47. The number of fused-ring (bicyclic) bond motifs is 4. The van der Waals surface area contributed by atoms with Crippen LogP contribution in [0.2, 0.25) is 5.02 Å². The Morgan fingerprint density at radius 3 is 2.40 bits per heavy atom. The maximum atomic E-state index is 16.4. The average Bonchev–Trinajstić information content (AvgIpc) is 3.72. The minimum absolute atomic E-state index is 0.0967. The topological polar surface area (TPSA) is 103 Å². The number of benzene rings is 2. The number of anilines is 2. The van der Waals surface area contributed by atoms with Crippen LogP contribution in [0.1, 0.15) is 50.0 Å². The maximum absolute atomic E-state index is 16.4. The molecule has 11 heteroatoms. The molecule has 2 atom stereocenters. The molecule has 4 aromatic rings. The number of nitrogens with one attached hydrogen (secondary N) is 1. The Balaban J connectivity index is 0.000000406. The van der Waals surface area contributed by atoms with Gasteiger partial charge in [-0.1, -0.05) is 25.4 Å². The molecule has 0 radical (unpaired) electrons. The Morgan fingerprint density at radius 2 is 1.81 bits per heavy atom. The summed E-state index contributed by atoms with van der Waals surface area (Å²) in [5, 5.41) is 14.8. The number of aromatic nitrogens is 2. The van der Waals surface area contributed by atoms with Gasteiger partial charge in [0.1, 0.15) is 17.4 Å². The molecule has 0 aliphatic carbocycles. The zero-order chi connectivity index (χ0) is 30.8. The number of nitrogen functional groups attached to an aromatic ring is 1. The molecule has 0 amide bonds. The van der Waals surface area contributed by atoms with Crippen molar-refractivity contribution in [2.45, 2.75) is 58.5 Å². The molecule has 5 heterocycles. The highest BCUT2D eigenvalue weighted by Gasteiger charge is 2.34. The summed E-state index contributed by atoms with van der Waals surface area (Å²) in [4.78, 5) is 14.4. The molecule has 3 saturated heterocycles. The minimum Gasteiger partial charge on any atom is -0.467 e. The van der Waals surface area contributed by atoms with Crippen LogP contribution in [0.25, 0.3) is 32.1 Å². The lowest BCUT2D eigenvalue weighted by atomic mass is 9.96. The van der Waals surface area contributed by atoms with Crippen molar-refractivity contribution in [1.29, 1.82) is 5.26 Å². The molecule has 0 saturated carbocycles. The van der Waals surface area contributed by atoms with E-state index in [1.54, 1.807) is 12.1 Å². The summed E-state index contributed by atoms with van der Waals surface area (Å²) in [6.07, 6.45) is 5.04. The Kier molecular flexibility index (Phi) is 9.57. The Hall–Kier alpha value is -3.23. The first-order valence-electron chi connectivity index (χ1n) is 14.9. The monoisotopic (exact) mass is 623 g/mol. The van der Waals surface area contributed by atoms with E-state index in [1.807, 2.05) is 26.8 Å². The van der Waals surface area contributed by atoms with E-state index in [4.69, 9.17) is 22.1 Å². The number of thiophene rings is 1. The number of ether oxygens (including phenoxy) is 1. The number of nitrogens with zero attached hydrogens (tertiary/aromatic N) is 5. The van der Waals surface area contributed by atoms with Crippen molar-refractivity contribution in [3.05, 3.63) is 39.5 Å². The zero-order valence-electron chi connectivity index (χ0n) is 25.4. The molecule has 8 nitrogen and oxygen atoms in total. The van der Waals surface area contributed by atoms with Crippen LogP contribution in [0.5, 0.6) is 6.01 Å². The fourth-order valence-corrected chi connectivity index (χ4v) is 7.68. The lowest BCUT2D eigenvalue weighted by Gasteiger charge is -2.34. The predicted octanol–water partition coefficient (Wildman–Crippen LogP) is 6.75. The first kappa shape index (κ1) is 31.2. The Morgan fingerprint density at radius 1 is 1.14 bits per heavy atom. The third-order valence-corrected chi connectivity index (χ3v) is 9.67. The molecule has 3 fully saturated rings. The standard InChI is InChI=1S/C25H22ClFN6OS.C5H11N.C2H6/c1-11-19(20-15(8-28)17(29)5-6-18(20)35-11)21-16(26)7-14-23(22(21)27)31-25(34-2)32-24(14)33-9-12-3-4-13(10-33)30-12;1-6-4-2-3-5-6;1-2/h5-7,12-13,30H,3-4,9-10,29H2,1-2H3;2-5H2,1H3;1-2H3. The van der Waals surface area contributed by atoms with Crippen molar-refractivity contribution in [2.75, 3.05) is 51.0 Å². The van der Waals surface area contributed by atoms with Crippen LogP contribution in [-0.2, 0) is 0 Å². The van der Waals surface area contributed by atoms with Gasteiger partial charge in [-0.05, 0) is 70.9 Å². The zero-order valence-corrected chi connectivity index (χ0v) is 27.0. The average molecular weight is 624 g/mol. The second-order valence-corrected chi connectivity index (χ2v) is 12.7. The van der Waals surface area contributed by atoms with E-state index in [1.165, 1.54) is 44.4 Å². The summed E-state index contributed by atoms with van der Waals surface area (Å²) in [5.74, 6) is 0.0492. The number of nitriles is 1. The molecule has 0 spiro atoms. The highest BCUT2D eigenvalue weighted by molar-refractivity contribution is 7.19. The lowest BCUT2D eigenvalue weighted by Crippen LogP contribution is -2.51. The van der Waals surface area contributed by atoms with Gasteiger partial charge in [0.25, 0.3) is 0 Å². The van der Waals surface area contributed by atoms with E-state index >= 15 is 4.39 Å². The number of hydrogen-bond acceptors (Lipinski definition) is 9. The first-order chi connectivity index (χ1) is 20.8. The van der Waals surface area contributed by atoms with Gasteiger partial charge < -0.3 is 25.6 Å². The Bertz CT molecular complexity index is 1670. The van der Waals surface area contributed by atoms with Crippen molar-refractivity contribution < 1.29 is 9.13 Å². The number of halogens is 2. The second-order valence-electron chi connectivity index (χ2n) is 11.1. The second kappa shape index (κ2) is 13.2. The third-order valence-electron chi connectivity index (χ3n) is 8.30. The number of rotatable bonds is 3. The van der Waals surface area contributed by atoms with Gasteiger partial charge in [0.15, 0.2) is 5.82 Å². The van der Waals surface area contributed by atoms with Gasteiger partial charge in [-0.2, -0.15) is 15.2 Å². The summed E-state index contributed by atoms with van der Waals surface area (Å²) >= 11 is 8.27. The Labute approximate surface area is 261 Å². The summed E-state index contributed by atoms with van der Waals surface area (Å²) in [6, 6.07) is 8.30. The maximum Gasteiger partial charge on any atom is 0.318 e. The summed E-state index contributed by atoms with van der Waals surface area (Å²) < 4.78 is 22.6. The van der Waals surface area contributed by atoms with Gasteiger partial charge in [0, 0.05) is 56.6 Å². The number of hydrogen-bond donors (Lipinski definition) is 2. The van der Waals surface area contributed by atoms with Crippen LogP contribution in [0.4, 0.5) is 15.9 Å². The number of likely N-dealkylation sites (tertiary alicyclic amines) is 1. The minimum atomic E-state index is -0.568. The van der Waals surface area contributed by atoms with E-state index in [-0.39, 0.29) is 22.1 Å². The summed E-state index contributed by atoms with van der Waals surface area (Å²) in [6.45, 7) is 10.1. The molecule has 3 aliphatic heterocycles. The fraction of sp³-hybridized carbons (Fsp3) is 0.469. The van der Waals surface area contributed by atoms with Gasteiger partial charge in [-0.25, -0.2) is 4.39 Å². The number of aryl methyl sites for hydroxylation is 1. The fourth-order valence-electron chi connectivity index (χ4n) is 6.31. The smallest absolute Gasteiger partial charge is 0.318 e. The van der Waals surface area contributed by atoms with E-state index in [0.29, 0.717) is 45.5 Å².